The Morgan fingerprint density at radius 2 is 1.68 bits per heavy atom. The van der Waals surface area contributed by atoms with Gasteiger partial charge in [-0.1, -0.05) is 60.5 Å². The van der Waals surface area contributed by atoms with E-state index in [-0.39, 0.29) is 5.91 Å². The number of fused-ring (bicyclic) bond motifs is 1. The summed E-state index contributed by atoms with van der Waals surface area (Å²) in [6.07, 6.45) is 10.9. The molecule has 0 unspecified atom stereocenters. The van der Waals surface area contributed by atoms with E-state index >= 15 is 0 Å². The topological polar surface area (TPSA) is 73.5 Å². The number of nitrogens with zero attached hydrogens (tertiary/aromatic N) is 1. The zero-order chi connectivity index (χ0) is 28.0. The first-order valence-electron chi connectivity index (χ1n) is 14.2. The van der Waals surface area contributed by atoms with Gasteiger partial charge in [-0.15, -0.1) is 0 Å². The number of carbonyl (C=O) groups is 2. The lowest BCUT2D eigenvalue weighted by molar-refractivity contribution is -0.111. The normalized spacial score (nSPS) is 17.2. The number of hydrogen-bond acceptors (Lipinski definition) is 4. The van der Waals surface area contributed by atoms with E-state index < -0.39 is 5.91 Å². The molecule has 2 aliphatic heterocycles. The zero-order valence-corrected chi connectivity index (χ0v) is 22.9. The van der Waals surface area contributed by atoms with E-state index in [0.29, 0.717) is 22.5 Å². The minimum absolute atomic E-state index is 0.167. The first kappa shape index (κ1) is 26.4. The molecule has 3 aromatic rings. The van der Waals surface area contributed by atoms with Crippen molar-refractivity contribution in [2.75, 3.05) is 29.0 Å². The Balaban J connectivity index is 1.26. The van der Waals surface area contributed by atoms with E-state index in [1.807, 2.05) is 48.5 Å². The summed E-state index contributed by atoms with van der Waals surface area (Å²) in [6.45, 7) is 3.30. The molecule has 0 atom stereocenters. The fraction of sp³-hybridized carbons (Fsp3) is 0.200. The average molecular weight is 541 g/mol. The second-order valence-electron chi connectivity index (χ2n) is 10.5. The van der Waals surface area contributed by atoms with E-state index in [1.165, 1.54) is 31.5 Å². The molecule has 6 rings (SSSR count). The van der Waals surface area contributed by atoms with Crippen LogP contribution in [-0.4, -0.2) is 29.8 Å². The molecule has 0 bridgehead atoms. The molecule has 2 heterocycles. The molecule has 1 saturated heterocycles. The largest absolute Gasteiger partial charge is 0.354 e. The van der Waals surface area contributed by atoms with Gasteiger partial charge in [0.05, 0.1) is 17.0 Å². The number of anilines is 3. The number of rotatable bonds is 6. The number of hydrogen-bond donors (Lipinski definition) is 3. The van der Waals surface area contributed by atoms with Crippen molar-refractivity contribution >= 4 is 34.4 Å². The minimum Gasteiger partial charge on any atom is -0.354 e. The Labute approximate surface area is 240 Å². The molecule has 1 aliphatic carbocycles. The highest BCUT2D eigenvalue weighted by Gasteiger charge is 2.29. The molecule has 0 aromatic heterocycles. The number of nitrogens with one attached hydrogen (secondary N) is 3. The summed E-state index contributed by atoms with van der Waals surface area (Å²) < 4.78 is 0. The van der Waals surface area contributed by atoms with Crippen LogP contribution in [0.4, 0.5) is 17.1 Å². The molecule has 6 nitrogen and oxygen atoms in total. The molecule has 3 aliphatic rings. The molecule has 0 spiro atoms. The summed E-state index contributed by atoms with van der Waals surface area (Å²) in [5.74, 6) is 4.99. The second-order valence-corrected chi connectivity index (χ2v) is 10.5. The highest BCUT2D eigenvalue weighted by molar-refractivity contribution is 6.33. The maximum Gasteiger partial charge on any atom is 0.300 e. The van der Waals surface area contributed by atoms with Gasteiger partial charge < -0.3 is 16.0 Å². The second kappa shape index (κ2) is 12.1. The third-order valence-electron chi connectivity index (χ3n) is 7.48. The van der Waals surface area contributed by atoms with Crippen molar-refractivity contribution in [3.05, 3.63) is 119 Å². The van der Waals surface area contributed by atoms with Crippen LogP contribution in [-0.2, 0) is 16.1 Å². The number of likely N-dealkylation sites (tertiary alicyclic amines) is 1. The number of para-hydroxylation sites is 1. The fourth-order valence-electron chi connectivity index (χ4n) is 5.43. The van der Waals surface area contributed by atoms with E-state index in [2.05, 4.69) is 75.2 Å². The summed E-state index contributed by atoms with van der Waals surface area (Å²) in [4.78, 5) is 28.1. The van der Waals surface area contributed by atoms with Crippen molar-refractivity contribution in [1.82, 2.24) is 4.90 Å². The smallest absolute Gasteiger partial charge is 0.300 e. The maximum atomic E-state index is 13.4. The van der Waals surface area contributed by atoms with Gasteiger partial charge in [-0.05, 0) is 86.3 Å². The molecule has 41 heavy (non-hydrogen) atoms. The quantitative estimate of drug-likeness (QED) is 0.253. The van der Waals surface area contributed by atoms with Gasteiger partial charge in [-0.25, -0.2) is 0 Å². The summed E-state index contributed by atoms with van der Waals surface area (Å²) in [5, 5.41) is 9.33. The molecule has 0 saturated carbocycles. The van der Waals surface area contributed by atoms with Crippen LogP contribution in [0.3, 0.4) is 0 Å². The molecule has 1 fully saturated rings. The predicted molar refractivity (Wildman–Crippen MR) is 165 cm³/mol. The fourth-order valence-corrected chi connectivity index (χ4v) is 5.43. The van der Waals surface area contributed by atoms with Gasteiger partial charge in [-0.3, -0.25) is 14.5 Å². The third-order valence-corrected chi connectivity index (χ3v) is 7.48. The van der Waals surface area contributed by atoms with Crippen LogP contribution in [0.5, 0.6) is 0 Å². The van der Waals surface area contributed by atoms with Crippen molar-refractivity contribution in [3.63, 3.8) is 0 Å². The van der Waals surface area contributed by atoms with Gasteiger partial charge in [0.15, 0.2) is 0 Å². The SMILES string of the molecule is O=C(C#Cc1ccc2c(c1)NC(=O)/C2=C(\Nc1ccc(CN2CCCC2)cc1)C1=CCCC=C1)Nc1ccccc1. The third kappa shape index (κ3) is 6.32. The number of carbonyl (C=O) groups excluding carboxylic acids is 2. The standard InChI is InChI=1S/C35H32N4O2/c40-32(36-28-11-5-2-6-12-28)20-16-25-15-19-30-31(23-25)38-35(41)33(30)34(27-9-3-1-4-10-27)37-29-17-13-26(14-18-29)24-39-21-7-8-22-39/h2-3,5-6,9-15,17-19,23,37H,1,4,7-8,21-22,24H2,(H,36,40)(H,38,41)/b34-33-. The van der Waals surface area contributed by atoms with Crippen molar-refractivity contribution in [2.45, 2.75) is 32.2 Å². The monoisotopic (exact) mass is 540 g/mol. The Bertz CT molecular complexity index is 1620. The lowest BCUT2D eigenvalue weighted by Gasteiger charge is -2.18. The minimum atomic E-state index is -0.393. The van der Waals surface area contributed by atoms with Crippen molar-refractivity contribution in [3.8, 4) is 11.8 Å². The van der Waals surface area contributed by atoms with E-state index in [1.54, 1.807) is 0 Å². The van der Waals surface area contributed by atoms with Gasteiger partial charge in [0.25, 0.3) is 5.91 Å². The van der Waals surface area contributed by atoms with Crippen molar-refractivity contribution in [2.24, 2.45) is 0 Å². The molecule has 6 heteroatoms. The maximum absolute atomic E-state index is 13.4. The number of allylic oxidation sites excluding steroid dienone is 3. The van der Waals surface area contributed by atoms with Gasteiger partial charge in [0, 0.05) is 35.0 Å². The zero-order valence-electron chi connectivity index (χ0n) is 22.9. The highest BCUT2D eigenvalue weighted by atomic mass is 16.2. The Hall–Kier alpha value is -4.86. The van der Waals surface area contributed by atoms with Crippen LogP contribution in [0.15, 0.2) is 102 Å². The average Bonchev–Trinajstić information content (AvgIpc) is 3.63. The van der Waals surface area contributed by atoms with Crippen LogP contribution >= 0.6 is 0 Å². The Kier molecular flexibility index (Phi) is 7.79. The van der Waals surface area contributed by atoms with Gasteiger partial charge >= 0.3 is 5.91 Å². The molecule has 3 aromatic carbocycles. The molecule has 0 radical (unpaired) electrons. The Morgan fingerprint density at radius 1 is 0.902 bits per heavy atom. The van der Waals surface area contributed by atoms with Gasteiger partial charge in [0.2, 0.25) is 0 Å². The summed E-state index contributed by atoms with van der Waals surface area (Å²) >= 11 is 0. The lowest BCUT2D eigenvalue weighted by Crippen LogP contribution is -2.18. The number of amides is 2. The van der Waals surface area contributed by atoms with E-state index in [0.717, 1.165) is 41.9 Å². The van der Waals surface area contributed by atoms with Gasteiger partial charge in [0.1, 0.15) is 0 Å². The molecule has 204 valence electrons. The molecule has 3 N–H and O–H groups in total. The van der Waals surface area contributed by atoms with Gasteiger partial charge in [-0.2, -0.15) is 0 Å². The van der Waals surface area contributed by atoms with E-state index in [9.17, 15) is 9.59 Å². The van der Waals surface area contributed by atoms with Crippen LogP contribution in [0.25, 0.3) is 5.57 Å². The summed E-state index contributed by atoms with van der Waals surface area (Å²) in [5.41, 5.74) is 7.43. The van der Waals surface area contributed by atoms with E-state index in [4.69, 9.17) is 0 Å². The molecule has 2 amide bonds. The van der Waals surface area contributed by atoms with Crippen LogP contribution in [0, 0.1) is 11.8 Å². The first-order chi connectivity index (χ1) is 20.1. The summed E-state index contributed by atoms with van der Waals surface area (Å²) in [6, 6.07) is 23.3. The highest BCUT2D eigenvalue weighted by Crippen LogP contribution is 2.38. The molecular formula is C35H32N4O2. The lowest BCUT2D eigenvalue weighted by atomic mass is 9.96. The predicted octanol–water partition coefficient (Wildman–Crippen LogP) is 6.32. The molecular weight excluding hydrogens is 508 g/mol. The van der Waals surface area contributed by atoms with Crippen molar-refractivity contribution < 1.29 is 9.59 Å². The van der Waals surface area contributed by atoms with Crippen molar-refractivity contribution in [1.29, 1.82) is 0 Å². The Morgan fingerprint density at radius 3 is 2.44 bits per heavy atom. The summed E-state index contributed by atoms with van der Waals surface area (Å²) in [7, 11) is 0. The van der Waals surface area contributed by atoms with Crippen LogP contribution < -0.4 is 16.0 Å². The number of benzene rings is 3. The first-order valence-corrected chi connectivity index (χ1v) is 14.2. The van der Waals surface area contributed by atoms with Crippen LogP contribution in [0.2, 0.25) is 0 Å². The van der Waals surface area contributed by atoms with Crippen LogP contribution in [0.1, 0.15) is 42.4 Å².